The maximum atomic E-state index is 12.2. The number of rotatable bonds is 3. The molecule has 98 valence electrons. The van der Waals surface area contributed by atoms with E-state index in [1.807, 2.05) is 24.3 Å². The summed E-state index contributed by atoms with van der Waals surface area (Å²) in [5, 5.41) is 0.693. The highest BCUT2D eigenvalue weighted by Crippen LogP contribution is 2.16. The number of hydrogen-bond acceptors (Lipinski definition) is 3. The maximum absolute atomic E-state index is 12.2. The fourth-order valence-corrected chi connectivity index (χ4v) is 2.18. The third-order valence-electron chi connectivity index (χ3n) is 3.15. The molecule has 1 aliphatic heterocycles. The largest absolute Gasteiger partial charge is 0.379 e. The summed E-state index contributed by atoms with van der Waals surface area (Å²) in [7, 11) is 1.78. The summed E-state index contributed by atoms with van der Waals surface area (Å²) in [5.74, 6) is -0.183. The molecule has 0 radical (unpaired) electrons. The van der Waals surface area contributed by atoms with E-state index in [0.717, 1.165) is 5.56 Å². The lowest BCUT2D eigenvalue weighted by molar-refractivity contribution is -0.135. The highest BCUT2D eigenvalue weighted by molar-refractivity contribution is 6.30. The van der Waals surface area contributed by atoms with Crippen molar-refractivity contribution in [3.05, 3.63) is 34.9 Å². The number of amides is 1. The molecule has 1 heterocycles. The van der Waals surface area contributed by atoms with Gasteiger partial charge >= 0.3 is 0 Å². The summed E-state index contributed by atoms with van der Waals surface area (Å²) in [4.78, 5) is 13.8. The van der Waals surface area contributed by atoms with E-state index in [9.17, 15) is 4.79 Å². The average Bonchev–Trinajstić information content (AvgIpc) is 2.77. The molecule has 0 saturated carbocycles. The minimum absolute atomic E-state index is 0.0370. The predicted molar refractivity (Wildman–Crippen MR) is 70.2 cm³/mol. The Kier molecular flexibility index (Phi) is 4.22. The van der Waals surface area contributed by atoms with Crippen molar-refractivity contribution in [3.8, 4) is 0 Å². The normalized spacial score (nSPS) is 23.1. The van der Waals surface area contributed by atoms with Gasteiger partial charge in [-0.25, -0.2) is 0 Å². The van der Waals surface area contributed by atoms with Crippen LogP contribution >= 0.6 is 11.6 Å². The summed E-state index contributed by atoms with van der Waals surface area (Å²) in [5.41, 5.74) is 6.89. The summed E-state index contributed by atoms with van der Waals surface area (Å²) in [6.07, 6.45) is 0. The highest BCUT2D eigenvalue weighted by atomic mass is 35.5. The van der Waals surface area contributed by atoms with Gasteiger partial charge in [0.1, 0.15) is 0 Å². The zero-order chi connectivity index (χ0) is 13.1. The highest BCUT2D eigenvalue weighted by Gasteiger charge is 2.33. The van der Waals surface area contributed by atoms with Crippen LogP contribution in [0.5, 0.6) is 0 Å². The van der Waals surface area contributed by atoms with Gasteiger partial charge in [0.25, 0.3) is 0 Å². The molecule has 1 aromatic carbocycles. The molecule has 1 amide bonds. The Morgan fingerprint density at radius 1 is 1.44 bits per heavy atom. The molecule has 2 atom stereocenters. The van der Waals surface area contributed by atoms with E-state index in [4.69, 9.17) is 22.1 Å². The molecule has 18 heavy (non-hydrogen) atoms. The monoisotopic (exact) mass is 268 g/mol. The van der Waals surface area contributed by atoms with Crippen LogP contribution in [0.25, 0.3) is 0 Å². The molecule has 1 fully saturated rings. The van der Waals surface area contributed by atoms with Gasteiger partial charge in [-0.3, -0.25) is 4.79 Å². The number of carbonyl (C=O) groups is 1. The smallest absolute Gasteiger partial charge is 0.229 e. The molecular formula is C13H17ClN2O2. The van der Waals surface area contributed by atoms with Gasteiger partial charge in [0, 0.05) is 24.7 Å². The number of benzene rings is 1. The van der Waals surface area contributed by atoms with Crippen molar-refractivity contribution in [2.75, 3.05) is 20.3 Å². The molecule has 2 unspecified atom stereocenters. The first-order chi connectivity index (χ1) is 8.58. The number of hydrogen-bond donors (Lipinski definition) is 1. The van der Waals surface area contributed by atoms with E-state index in [-0.39, 0.29) is 17.9 Å². The lowest BCUT2D eigenvalue weighted by Gasteiger charge is -2.22. The molecule has 2 rings (SSSR count). The second kappa shape index (κ2) is 5.69. The molecule has 0 bridgehead atoms. The number of nitrogens with two attached hydrogens (primary N) is 1. The molecule has 2 N–H and O–H groups in total. The number of halogens is 1. The van der Waals surface area contributed by atoms with Crippen LogP contribution in [0.15, 0.2) is 24.3 Å². The molecule has 1 aromatic rings. The third-order valence-corrected chi connectivity index (χ3v) is 3.40. The van der Waals surface area contributed by atoms with Gasteiger partial charge in [-0.2, -0.15) is 0 Å². The average molecular weight is 269 g/mol. The first-order valence-corrected chi connectivity index (χ1v) is 6.28. The van der Waals surface area contributed by atoms with Gasteiger partial charge in [0.2, 0.25) is 5.91 Å². The predicted octanol–water partition coefficient (Wildman–Crippen LogP) is 1.27. The Morgan fingerprint density at radius 3 is 2.67 bits per heavy atom. The Hall–Kier alpha value is -1.10. The zero-order valence-electron chi connectivity index (χ0n) is 10.3. The van der Waals surface area contributed by atoms with Gasteiger partial charge < -0.3 is 15.4 Å². The minimum atomic E-state index is -0.220. The van der Waals surface area contributed by atoms with Crippen molar-refractivity contribution < 1.29 is 9.53 Å². The molecule has 4 nitrogen and oxygen atoms in total. The van der Waals surface area contributed by atoms with Gasteiger partial charge in [0.15, 0.2) is 0 Å². The Labute approximate surface area is 112 Å². The zero-order valence-corrected chi connectivity index (χ0v) is 11.1. The summed E-state index contributed by atoms with van der Waals surface area (Å²) >= 11 is 5.82. The Bertz CT molecular complexity index is 422. The van der Waals surface area contributed by atoms with Gasteiger partial charge in [-0.15, -0.1) is 0 Å². The van der Waals surface area contributed by atoms with E-state index in [1.54, 1.807) is 11.9 Å². The summed E-state index contributed by atoms with van der Waals surface area (Å²) in [6.45, 7) is 1.44. The SMILES string of the molecule is CN(Cc1ccc(Cl)cc1)C(=O)C1COCC1N. The number of nitrogens with zero attached hydrogens (tertiary/aromatic N) is 1. The van der Waals surface area contributed by atoms with Crippen LogP contribution in [0.2, 0.25) is 5.02 Å². The molecule has 5 heteroatoms. The van der Waals surface area contributed by atoms with Gasteiger partial charge in [0.05, 0.1) is 19.1 Å². The van der Waals surface area contributed by atoms with Gasteiger partial charge in [-0.05, 0) is 17.7 Å². The van der Waals surface area contributed by atoms with Crippen molar-refractivity contribution in [1.82, 2.24) is 4.90 Å². The van der Waals surface area contributed by atoms with E-state index >= 15 is 0 Å². The Morgan fingerprint density at radius 2 is 2.11 bits per heavy atom. The van der Waals surface area contributed by atoms with E-state index < -0.39 is 0 Å². The van der Waals surface area contributed by atoms with Crippen molar-refractivity contribution in [2.45, 2.75) is 12.6 Å². The van der Waals surface area contributed by atoms with Crippen LogP contribution in [0.4, 0.5) is 0 Å². The van der Waals surface area contributed by atoms with E-state index in [0.29, 0.717) is 24.8 Å². The first kappa shape index (κ1) is 13.3. The molecule has 1 saturated heterocycles. The number of carbonyl (C=O) groups excluding carboxylic acids is 1. The molecular weight excluding hydrogens is 252 g/mol. The third kappa shape index (κ3) is 3.02. The quantitative estimate of drug-likeness (QED) is 0.898. The fourth-order valence-electron chi connectivity index (χ4n) is 2.05. The number of ether oxygens (including phenoxy) is 1. The topological polar surface area (TPSA) is 55.6 Å². The van der Waals surface area contributed by atoms with E-state index in [1.165, 1.54) is 0 Å². The Balaban J connectivity index is 1.97. The van der Waals surface area contributed by atoms with Crippen molar-refractivity contribution in [1.29, 1.82) is 0 Å². The van der Waals surface area contributed by atoms with Crippen LogP contribution < -0.4 is 5.73 Å². The first-order valence-electron chi connectivity index (χ1n) is 5.90. The second-order valence-electron chi connectivity index (χ2n) is 4.63. The van der Waals surface area contributed by atoms with Crippen molar-refractivity contribution >= 4 is 17.5 Å². The lowest BCUT2D eigenvalue weighted by atomic mass is 10.0. The second-order valence-corrected chi connectivity index (χ2v) is 5.07. The molecule has 0 spiro atoms. The van der Waals surface area contributed by atoms with E-state index in [2.05, 4.69) is 0 Å². The fraction of sp³-hybridized carbons (Fsp3) is 0.462. The lowest BCUT2D eigenvalue weighted by Crippen LogP contribution is -2.41. The van der Waals surface area contributed by atoms with Crippen LogP contribution in [-0.4, -0.2) is 37.1 Å². The van der Waals surface area contributed by atoms with Crippen LogP contribution in [-0.2, 0) is 16.1 Å². The van der Waals surface area contributed by atoms with Crippen LogP contribution in [0, 0.1) is 5.92 Å². The van der Waals surface area contributed by atoms with Gasteiger partial charge in [-0.1, -0.05) is 23.7 Å². The summed E-state index contributed by atoms with van der Waals surface area (Å²) < 4.78 is 5.22. The molecule has 1 aliphatic rings. The van der Waals surface area contributed by atoms with Crippen LogP contribution in [0.1, 0.15) is 5.56 Å². The summed E-state index contributed by atoms with van der Waals surface area (Å²) in [6, 6.07) is 7.28. The van der Waals surface area contributed by atoms with Crippen molar-refractivity contribution in [2.24, 2.45) is 11.7 Å². The molecule has 0 aromatic heterocycles. The maximum Gasteiger partial charge on any atom is 0.229 e. The standard InChI is InChI=1S/C13H17ClN2O2/c1-16(6-9-2-4-10(14)5-3-9)13(17)11-7-18-8-12(11)15/h2-5,11-12H,6-8,15H2,1H3. The minimum Gasteiger partial charge on any atom is -0.379 e. The molecule has 0 aliphatic carbocycles. The van der Waals surface area contributed by atoms with Crippen molar-refractivity contribution in [3.63, 3.8) is 0 Å². The van der Waals surface area contributed by atoms with Crippen LogP contribution in [0.3, 0.4) is 0 Å².